The predicted octanol–water partition coefficient (Wildman–Crippen LogP) is 0.876. The van der Waals surface area contributed by atoms with Gasteiger partial charge in [-0.1, -0.05) is 43.7 Å². The van der Waals surface area contributed by atoms with Crippen LogP contribution in [0.4, 0.5) is 0 Å². The summed E-state index contributed by atoms with van der Waals surface area (Å²) in [7, 11) is 0. The molecule has 0 saturated heterocycles. The van der Waals surface area contributed by atoms with Crippen molar-refractivity contribution in [2.24, 2.45) is 0 Å². The Labute approximate surface area is 144 Å². The monoisotopic (exact) mass is 336 g/mol. The quantitative estimate of drug-likeness (QED) is 0.662. The van der Waals surface area contributed by atoms with Crippen LogP contribution < -0.4 is 21.8 Å². The number of aromatic nitrogens is 4. The Morgan fingerprint density at radius 3 is 2.36 bits per heavy atom. The normalized spacial score (nSPS) is 13.0. The van der Waals surface area contributed by atoms with Gasteiger partial charge in [-0.3, -0.25) is 9.59 Å². The molecule has 2 aromatic heterocycles. The van der Waals surface area contributed by atoms with E-state index in [0.29, 0.717) is 5.69 Å². The molecule has 0 saturated carbocycles. The minimum atomic E-state index is -0.365. The van der Waals surface area contributed by atoms with Crippen LogP contribution in [-0.4, -0.2) is 19.9 Å². The smallest absolute Gasteiger partial charge is 0.272 e. The van der Waals surface area contributed by atoms with Gasteiger partial charge in [-0.15, -0.1) is 0 Å². The molecule has 3 rings (SSSR count). The van der Waals surface area contributed by atoms with Crippen LogP contribution in [0.25, 0.3) is 12.2 Å². The Hall–Kier alpha value is -3.15. The highest BCUT2D eigenvalue weighted by Gasteiger charge is 2.07. The predicted molar refractivity (Wildman–Crippen MR) is 97.9 cm³/mol. The zero-order valence-electron chi connectivity index (χ0n) is 14.4. The van der Waals surface area contributed by atoms with Crippen LogP contribution in [-0.2, 0) is 0 Å². The standard InChI is InChI=1S/C19H20N4O2/c1-11(2)17-14(20-10-21-17)9-16-19(25)22-15(18(24)23-16)8-13-6-4-5-12(3)7-13/h4-11H,1-3H3,(H,20,21)(H,22,25)(H,23,24)/b15-8-,16-9-. The summed E-state index contributed by atoms with van der Waals surface area (Å²) in [6.45, 7) is 6.02. The van der Waals surface area contributed by atoms with Crippen molar-refractivity contribution in [3.63, 3.8) is 0 Å². The summed E-state index contributed by atoms with van der Waals surface area (Å²) in [5.41, 5.74) is 2.77. The third-order valence-corrected chi connectivity index (χ3v) is 3.90. The highest BCUT2D eigenvalue weighted by atomic mass is 16.1. The van der Waals surface area contributed by atoms with Crippen molar-refractivity contribution in [1.82, 2.24) is 19.9 Å². The van der Waals surface area contributed by atoms with Crippen LogP contribution in [0.2, 0.25) is 0 Å². The van der Waals surface area contributed by atoms with Crippen molar-refractivity contribution in [2.75, 3.05) is 0 Å². The molecule has 128 valence electrons. The molecule has 0 atom stereocenters. The Kier molecular flexibility index (Phi) is 4.52. The molecule has 0 aliphatic rings. The van der Waals surface area contributed by atoms with Gasteiger partial charge in [0.05, 0.1) is 12.0 Å². The summed E-state index contributed by atoms with van der Waals surface area (Å²) < 4.78 is 0. The third-order valence-electron chi connectivity index (χ3n) is 3.90. The van der Waals surface area contributed by atoms with Crippen LogP contribution >= 0.6 is 0 Å². The SMILES string of the molecule is Cc1cccc(/C=c2\[nH]c(=O)/c(=C/c3nc[nH]c3C(C)C)[nH]c2=O)c1. The molecule has 0 spiro atoms. The summed E-state index contributed by atoms with van der Waals surface area (Å²) in [5.74, 6) is 0.230. The van der Waals surface area contributed by atoms with Crippen molar-refractivity contribution in [1.29, 1.82) is 0 Å². The number of imidazole rings is 1. The number of aryl methyl sites for hydroxylation is 1. The molecular weight excluding hydrogens is 316 g/mol. The summed E-state index contributed by atoms with van der Waals surface area (Å²) in [4.78, 5) is 37.2. The van der Waals surface area contributed by atoms with Gasteiger partial charge < -0.3 is 15.0 Å². The lowest BCUT2D eigenvalue weighted by Gasteiger charge is -2.01. The largest absolute Gasteiger partial charge is 0.348 e. The van der Waals surface area contributed by atoms with E-state index < -0.39 is 0 Å². The highest BCUT2D eigenvalue weighted by Crippen LogP contribution is 2.14. The lowest BCUT2D eigenvalue weighted by Crippen LogP contribution is -2.46. The second-order valence-electron chi connectivity index (χ2n) is 6.29. The lowest BCUT2D eigenvalue weighted by atomic mass is 10.1. The fraction of sp³-hybridized carbons (Fsp3) is 0.211. The first kappa shape index (κ1) is 16.7. The fourth-order valence-corrected chi connectivity index (χ4v) is 2.65. The molecule has 3 N–H and O–H groups in total. The first-order valence-corrected chi connectivity index (χ1v) is 8.10. The number of nitrogens with one attached hydrogen (secondary N) is 3. The van der Waals surface area contributed by atoms with Crippen molar-refractivity contribution < 1.29 is 0 Å². The van der Waals surface area contributed by atoms with E-state index in [0.717, 1.165) is 16.8 Å². The van der Waals surface area contributed by atoms with Gasteiger partial charge in [0.15, 0.2) is 0 Å². The number of hydrogen-bond donors (Lipinski definition) is 3. The lowest BCUT2D eigenvalue weighted by molar-refractivity contribution is 0.829. The van der Waals surface area contributed by atoms with Crippen molar-refractivity contribution in [3.05, 3.63) is 84.5 Å². The van der Waals surface area contributed by atoms with Crippen LogP contribution in [0.15, 0.2) is 40.2 Å². The molecule has 6 heteroatoms. The molecule has 3 aromatic rings. The summed E-state index contributed by atoms with van der Waals surface area (Å²) in [6, 6.07) is 7.69. The minimum Gasteiger partial charge on any atom is -0.348 e. The summed E-state index contributed by atoms with van der Waals surface area (Å²) in [6.07, 6.45) is 4.82. The topological polar surface area (TPSA) is 94.4 Å². The van der Waals surface area contributed by atoms with Gasteiger partial charge in [0.1, 0.15) is 10.7 Å². The van der Waals surface area contributed by atoms with E-state index in [1.807, 2.05) is 45.0 Å². The summed E-state index contributed by atoms with van der Waals surface area (Å²) >= 11 is 0. The van der Waals surface area contributed by atoms with E-state index in [2.05, 4.69) is 19.9 Å². The summed E-state index contributed by atoms with van der Waals surface area (Å²) in [5, 5.41) is 0.402. The molecule has 0 aliphatic carbocycles. The zero-order valence-corrected chi connectivity index (χ0v) is 14.4. The molecule has 0 bridgehead atoms. The van der Waals surface area contributed by atoms with Crippen molar-refractivity contribution in [3.8, 4) is 0 Å². The molecule has 25 heavy (non-hydrogen) atoms. The highest BCUT2D eigenvalue weighted by molar-refractivity contribution is 5.49. The number of benzene rings is 1. The molecule has 0 amide bonds. The van der Waals surface area contributed by atoms with Gasteiger partial charge in [-0.2, -0.15) is 0 Å². The Bertz CT molecular complexity index is 1130. The maximum absolute atomic E-state index is 12.3. The van der Waals surface area contributed by atoms with E-state index in [4.69, 9.17) is 0 Å². The molecule has 0 unspecified atom stereocenters. The fourth-order valence-electron chi connectivity index (χ4n) is 2.65. The number of rotatable bonds is 3. The second kappa shape index (κ2) is 6.76. The molecule has 0 aliphatic heterocycles. The van der Waals surface area contributed by atoms with Gasteiger partial charge in [-0.25, -0.2) is 4.98 Å². The maximum Gasteiger partial charge on any atom is 0.272 e. The molecule has 1 aromatic carbocycles. The number of aromatic amines is 3. The molecule has 0 fully saturated rings. The van der Waals surface area contributed by atoms with Crippen molar-refractivity contribution >= 4 is 12.2 Å². The van der Waals surface area contributed by atoms with Gasteiger partial charge in [-0.05, 0) is 30.6 Å². The second-order valence-corrected chi connectivity index (χ2v) is 6.29. The molecule has 2 heterocycles. The van der Waals surface area contributed by atoms with Crippen molar-refractivity contribution in [2.45, 2.75) is 26.7 Å². The minimum absolute atomic E-state index is 0.181. The third kappa shape index (κ3) is 3.68. The Morgan fingerprint density at radius 2 is 1.72 bits per heavy atom. The van der Waals surface area contributed by atoms with E-state index in [9.17, 15) is 9.59 Å². The average molecular weight is 336 g/mol. The van der Waals surface area contributed by atoms with E-state index >= 15 is 0 Å². The molecule has 6 nitrogen and oxygen atoms in total. The van der Waals surface area contributed by atoms with Gasteiger partial charge in [0, 0.05) is 5.69 Å². The average Bonchev–Trinajstić information content (AvgIpc) is 3.01. The van der Waals surface area contributed by atoms with Crippen LogP contribution in [0.1, 0.15) is 42.3 Å². The Morgan fingerprint density at radius 1 is 1.04 bits per heavy atom. The first-order chi connectivity index (χ1) is 11.9. The van der Waals surface area contributed by atoms with Crippen LogP contribution in [0.5, 0.6) is 0 Å². The number of hydrogen-bond acceptors (Lipinski definition) is 3. The van der Waals surface area contributed by atoms with E-state index in [1.165, 1.54) is 0 Å². The zero-order chi connectivity index (χ0) is 18.0. The van der Waals surface area contributed by atoms with E-state index in [1.54, 1.807) is 18.5 Å². The number of H-pyrrole nitrogens is 3. The van der Waals surface area contributed by atoms with E-state index in [-0.39, 0.29) is 27.7 Å². The van der Waals surface area contributed by atoms with Crippen LogP contribution in [0, 0.1) is 6.92 Å². The molecule has 0 radical (unpaired) electrons. The number of nitrogens with zero attached hydrogens (tertiary/aromatic N) is 1. The van der Waals surface area contributed by atoms with Gasteiger partial charge in [0.25, 0.3) is 11.1 Å². The van der Waals surface area contributed by atoms with Gasteiger partial charge in [0.2, 0.25) is 0 Å². The van der Waals surface area contributed by atoms with Gasteiger partial charge >= 0.3 is 0 Å². The maximum atomic E-state index is 12.3. The molecular formula is C19H20N4O2. The van der Waals surface area contributed by atoms with Crippen LogP contribution in [0.3, 0.4) is 0 Å². The first-order valence-electron chi connectivity index (χ1n) is 8.10. The Balaban J connectivity index is 2.13.